The molecule has 42 heavy (non-hydrogen) atoms. The summed E-state index contributed by atoms with van der Waals surface area (Å²) in [6.45, 7) is 0. The van der Waals surface area contributed by atoms with E-state index in [2.05, 4.69) is 0 Å². The molecule has 9 nitrogen and oxygen atoms in total. The van der Waals surface area contributed by atoms with Crippen molar-refractivity contribution in [1.29, 1.82) is 0 Å². The van der Waals surface area contributed by atoms with Crippen LogP contribution in [0.5, 0.6) is 34.5 Å². The van der Waals surface area contributed by atoms with E-state index in [1.165, 1.54) is 40.6 Å². The van der Waals surface area contributed by atoms with E-state index in [4.69, 9.17) is 33.2 Å². The van der Waals surface area contributed by atoms with Gasteiger partial charge in [-0.1, -0.05) is 30.3 Å². The van der Waals surface area contributed by atoms with Crippen molar-refractivity contribution >= 4 is 23.7 Å². The van der Waals surface area contributed by atoms with Crippen molar-refractivity contribution in [3.63, 3.8) is 0 Å². The zero-order valence-electron chi connectivity index (χ0n) is 24.8. The molecule has 3 aromatic rings. The summed E-state index contributed by atoms with van der Waals surface area (Å²) in [5.41, 5.74) is 0.319. The maximum atomic E-state index is 12.9. The van der Waals surface area contributed by atoms with Gasteiger partial charge in [0.1, 0.15) is 30.3 Å². The first-order chi connectivity index (χ1) is 20.3. The number of methoxy groups -OCH3 is 7. The first kappa shape index (κ1) is 30.6. The molecule has 0 saturated carbocycles. The Morgan fingerprint density at radius 2 is 1.10 bits per heavy atom. The molecule has 0 spiro atoms. The third-order valence-electron chi connectivity index (χ3n) is 7.25. The number of benzene rings is 3. The monoisotopic (exact) mass is 595 g/mol. The maximum absolute atomic E-state index is 12.9. The third-order valence-corrected chi connectivity index (χ3v) is 12.0. The lowest BCUT2D eigenvalue weighted by molar-refractivity contribution is -0.111. The van der Waals surface area contributed by atoms with E-state index in [-0.39, 0.29) is 11.5 Å². The number of phenols is 1. The molecule has 0 amide bonds. The predicted molar refractivity (Wildman–Crippen MR) is 163 cm³/mol. The van der Waals surface area contributed by atoms with Gasteiger partial charge >= 0.3 is 0 Å². The van der Waals surface area contributed by atoms with E-state index in [0.717, 1.165) is 5.56 Å². The number of carbonyl (C=O) groups excluding carboxylic acids is 1. The Hall–Kier alpha value is -4.36. The molecule has 1 N–H and O–H groups in total. The first-order valence-electron chi connectivity index (χ1n) is 13.0. The van der Waals surface area contributed by atoms with Crippen LogP contribution in [0.15, 0.2) is 78.3 Å². The summed E-state index contributed by atoms with van der Waals surface area (Å²) in [5.74, 6) is 2.71. The Morgan fingerprint density at radius 1 is 0.643 bits per heavy atom. The summed E-state index contributed by atoms with van der Waals surface area (Å²) in [6.07, 6.45) is 3.34. The van der Waals surface area contributed by atoms with Crippen LogP contribution < -0.4 is 34.3 Å². The number of phenolic OH excluding ortho intramolecular Hbond substituents is 1. The van der Waals surface area contributed by atoms with E-state index >= 15 is 0 Å². The summed E-state index contributed by atoms with van der Waals surface area (Å²) in [4.78, 5) is 12.9. The zero-order chi connectivity index (χ0) is 30.4. The topological polar surface area (TPSA) is 102 Å². The standard InChI is InChI=1S/C32H35O9P/c1-35-23-17-28(40-6)32(29(18-23)41-7)42(19-20-11-9-8-10-12-20,30-24(36-2)13-21(33)14-25(30)37-3)31-26(38-4)15-22(34)16-27(31)39-5/h8-18,30H,19H2,1-7H3/p+1. The van der Waals surface area contributed by atoms with Gasteiger partial charge in [-0.15, -0.1) is 0 Å². The highest BCUT2D eigenvalue weighted by molar-refractivity contribution is 7.90. The van der Waals surface area contributed by atoms with Gasteiger partial charge in [-0.2, -0.15) is 0 Å². The van der Waals surface area contributed by atoms with Gasteiger partial charge < -0.3 is 38.3 Å². The fraction of sp³-hybridized carbons (Fsp3) is 0.281. The molecule has 3 aromatic carbocycles. The molecule has 0 aliphatic heterocycles. The first-order valence-corrected chi connectivity index (χ1v) is 15.1. The second-order valence-corrected chi connectivity index (χ2v) is 12.9. The van der Waals surface area contributed by atoms with E-state index in [1.807, 2.05) is 30.3 Å². The van der Waals surface area contributed by atoms with Crippen LogP contribution in [0, 0.1) is 0 Å². The fourth-order valence-electron chi connectivity index (χ4n) is 5.54. The van der Waals surface area contributed by atoms with E-state index in [0.29, 0.717) is 57.0 Å². The van der Waals surface area contributed by atoms with Crippen LogP contribution >= 0.6 is 7.26 Å². The fourth-order valence-corrected chi connectivity index (χ4v) is 11.0. The van der Waals surface area contributed by atoms with Crippen LogP contribution in [0.25, 0.3) is 0 Å². The Kier molecular flexibility index (Phi) is 9.53. The van der Waals surface area contributed by atoms with E-state index in [9.17, 15) is 9.90 Å². The van der Waals surface area contributed by atoms with Crippen LogP contribution in [0.4, 0.5) is 0 Å². The number of aromatic hydroxyl groups is 1. The van der Waals surface area contributed by atoms with Gasteiger partial charge in [-0.3, -0.25) is 4.79 Å². The molecule has 0 bridgehead atoms. The Bertz CT molecular complexity index is 1430. The summed E-state index contributed by atoms with van der Waals surface area (Å²) in [7, 11) is 7.68. The lowest BCUT2D eigenvalue weighted by atomic mass is 10.1. The van der Waals surface area contributed by atoms with Crippen LogP contribution in [0.3, 0.4) is 0 Å². The lowest BCUT2D eigenvalue weighted by Crippen LogP contribution is -2.39. The van der Waals surface area contributed by atoms with Gasteiger partial charge in [0.25, 0.3) is 0 Å². The second-order valence-electron chi connectivity index (χ2n) is 9.40. The summed E-state index contributed by atoms with van der Waals surface area (Å²) in [6, 6.07) is 16.6. The highest BCUT2D eigenvalue weighted by atomic mass is 31.2. The quantitative estimate of drug-likeness (QED) is 0.301. The van der Waals surface area contributed by atoms with Crippen LogP contribution in [-0.4, -0.2) is 66.3 Å². The molecule has 0 saturated heterocycles. The van der Waals surface area contributed by atoms with E-state index < -0.39 is 12.9 Å². The molecular weight excluding hydrogens is 559 g/mol. The van der Waals surface area contributed by atoms with Gasteiger partial charge in [0, 0.05) is 36.4 Å². The summed E-state index contributed by atoms with van der Waals surface area (Å²) >= 11 is 0. The highest BCUT2D eigenvalue weighted by Crippen LogP contribution is 2.72. The van der Waals surface area contributed by atoms with Crippen LogP contribution in [0.1, 0.15) is 5.56 Å². The number of rotatable bonds is 12. The molecule has 1 aliphatic rings. The largest absolute Gasteiger partial charge is 0.508 e. The van der Waals surface area contributed by atoms with Crippen LogP contribution in [0.2, 0.25) is 0 Å². The molecular formula is C32H36O9P+. The van der Waals surface area contributed by atoms with Gasteiger partial charge in [0.05, 0.1) is 55.9 Å². The van der Waals surface area contributed by atoms with Crippen molar-refractivity contribution in [3.05, 3.63) is 83.8 Å². The summed E-state index contributed by atoms with van der Waals surface area (Å²) in [5, 5.41) is 12.0. The minimum Gasteiger partial charge on any atom is -0.508 e. The van der Waals surface area contributed by atoms with Crippen molar-refractivity contribution in [1.82, 2.24) is 0 Å². The predicted octanol–water partition coefficient (Wildman–Crippen LogP) is 4.62. The normalized spacial score (nSPS) is 14.7. The molecule has 4 rings (SSSR count). The second kappa shape index (κ2) is 13.1. The molecule has 1 atom stereocenters. The molecule has 0 heterocycles. The lowest BCUT2D eigenvalue weighted by Gasteiger charge is -2.38. The number of allylic oxidation sites excluding steroid dienone is 2. The maximum Gasteiger partial charge on any atom is 0.193 e. The van der Waals surface area contributed by atoms with Gasteiger partial charge in [-0.25, -0.2) is 0 Å². The number of ether oxygens (including phenoxy) is 7. The minimum absolute atomic E-state index is 0.0391. The molecule has 1 aliphatic carbocycles. The SMILES string of the molecule is COC1=CC(=O)C=C(OC)C1[P+](Cc1ccccc1)(c1c(OC)cc(O)cc1OC)c1c(OC)cc(OC)cc1OC. The molecule has 0 aromatic heterocycles. The third kappa shape index (κ3) is 5.44. The number of ketones is 1. The van der Waals surface area contributed by atoms with Crippen molar-refractivity contribution in [2.24, 2.45) is 0 Å². The smallest absolute Gasteiger partial charge is 0.193 e. The van der Waals surface area contributed by atoms with Crippen molar-refractivity contribution in [3.8, 4) is 34.5 Å². The highest BCUT2D eigenvalue weighted by Gasteiger charge is 2.62. The molecule has 1 unspecified atom stereocenters. The van der Waals surface area contributed by atoms with Gasteiger partial charge in [0.2, 0.25) is 0 Å². The van der Waals surface area contributed by atoms with Crippen LogP contribution in [-0.2, 0) is 20.4 Å². The molecule has 0 radical (unpaired) electrons. The molecule has 222 valence electrons. The summed E-state index contributed by atoms with van der Waals surface area (Å²) < 4.78 is 41.6. The zero-order valence-corrected chi connectivity index (χ0v) is 25.7. The molecule has 0 fully saturated rings. The number of carbonyl (C=O) groups is 1. The van der Waals surface area contributed by atoms with E-state index in [1.54, 1.807) is 45.6 Å². The molecule has 10 heteroatoms. The Labute approximate surface area is 246 Å². The number of hydrogen-bond acceptors (Lipinski definition) is 9. The average molecular weight is 596 g/mol. The van der Waals surface area contributed by atoms with Gasteiger partial charge in [0.15, 0.2) is 45.0 Å². The van der Waals surface area contributed by atoms with Gasteiger partial charge in [-0.05, 0) is 5.56 Å². The van der Waals surface area contributed by atoms with Crippen molar-refractivity contribution in [2.75, 3.05) is 49.8 Å². The minimum atomic E-state index is -3.14. The average Bonchev–Trinajstić information content (AvgIpc) is 3.02. The van der Waals surface area contributed by atoms with Crippen molar-refractivity contribution in [2.45, 2.75) is 11.8 Å². The Morgan fingerprint density at radius 3 is 1.50 bits per heavy atom. The Balaban J connectivity index is 2.34. The number of hydrogen-bond donors (Lipinski definition) is 1. The van der Waals surface area contributed by atoms with Crippen molar-refractivity contribution < 1.29 is 43.1 Å².